The number of nitrogens with two attached hydrogens (primary N) is 1. The van der Waals surface area contributed by atoms with Crippen LogP contribution in [-0.4, -0.2) is 32.8 Å². The number of hydrogen-bond donors (Lipinski definition) is 3. The summed E-state index contributed by atoms with van der Waals surface area (Å²) in [5, 5.41) is 19.1. The van der Waals surface area contributed by atoms with Crippen molar-refractivity contribution in [3.8, 4) is 0 Å². The Morgan fingerprint density at radius 1 is 1.65 bits per heavy atom. The lowest BCUT2D eigenvalue weighted by molar-refractivity contribution is 0.0922. The van der Waals surface area contributed by atoms with E-state index in [0.29, 0.717) is 12.2 Å². The fourth-order valence-corrected chi connectivity index (χ4v) is 2.77. The Bertz CT molecular complexity index is 523. The van der Waals surface area contributed by atoms with Crippen molar-refractivity contribution in [1.29, 1.82) is 0 Å². The van der Waals surface area contributed by atoms with Crippen molar-refractivity contribution < 1.29 is 10.0 Å². The first-order valence-electron chi connectivity index (χ1n) is 6.89. The highest BCUT2D eigenvalue weighted by Crippen LogP contribution is 2.26. The zero-order chi connectivity index (χ0) is 14.7. The molecule has 0 spiro atoms. The van der Waals surface area contributed by atoms with Crippen molar-refractivity contribution in [2.75, 3.05) is 0 Å². The van der Waals surface area contributed by atoms with Gasteiger partial charge in [0.25, 0.3) is 5.91 Å². The van der Waals surface area contributed by atoms with E-state index in [1.54, 1.807) is 10.7 Å². The summed E-state index contributed by atoms with van der Waals surface area (Å²) in [5.41, 5.74) is 7.04. The van der Waals surface area contributed by atoms with Crippen LogP contribution in [0.5, 0.6) is 0 Å². The molecule has 0 aliphatic heterocycles. The number of rotatable bonds is 4. The second-order valence-electron chi connectivity index (χ2n) is 5.13. The molecular weight excluding hydrogens is 258 g/mol. The third-order valence-corrected chi connectivity index (χ3v) is 3.76. The maximum absolute atomic E-state index is 12.3. The fourth-order valence-electron chi connectivity index (χ4n) is 2.77. The van der Waals surface area contributed by atoms with Crippen LogP contribution in [0.25, 0.3) is 0 Å². The molecule has 0 aromatic carbocycles. The van der Waals surface area contributed by atoms with Gasteiger partial charge in [0.1, 0.15) is 11.5 Å². The number of nitrogens with zero attached hydrogens (tertiary/aromatic N) is 3. The molecule has 0 saturated heterocycles. The van der Waals surface area contributed by atoms with Crippen molar-refractivity contribution in [2.24, 2.45) is 16.8 Å². The maximum atomic E-state index is 12.3. The molecular formula is C13H21N5O2. The summed E-state index contributed by atoms with van der Waals surface area (Å²) in [6.45, 7) is 4.45. The quantitative estimate of drug-likeness (QED) is 0.329. The lowest BCUT2D eigenvalue weighted by Crippen LogP contribution is -2.43. The van der Waals surface area contributed by atoms with Crippen LogP contribution in [0.1, 0.15) is 42.4 Å². The Morgan fingerprint density at radius 3 is 3.05 bits per heavy atom. The molecule has 0 radical (unpaired) electrons. The number of carbonyl (C=O) groups is 1. The van der Waals surface area contributed by atoms with Crippen molar-refractivity contribution in [3.63, 3.8) is 0 Å². The summed E-state index contributed by atoms with van der Waals surface area (Å²) in [6, 6.07) is 1.69. The normalized spacial score (nSPS) is 23.0. The maximum Gasteiger partial charge on any atom is 0.269 e. The molecule has 1 amide bonds. The first-order valence-corrected chi connectivity index (χ1v) is 6.89. The van der Waals surface area contributed by atoms with Gasteiger partial charge < -0.3 is 16.3 Å². The molecule has 1 saturated carbocycles. The summed E-state index contributed by atoms with van der Waals surface area (Å²) in [5.74, 6) is -0.0638. The van der Waals surface area contributed by atoms with Gasteiger partial charge in [0, 0.05) is 18.5 Å². The Balaban J connectivity index is 2.11. The number of nitrogens with one attached hydrogen (secondary N) is 1. The first kappa shape index (κ1) is 14.4. The number of aromatic nitrogens is 2. The smallest absolute Gasteiger partial charge is 0.269 e. The van der Waals surface area contributed by atoms with Crippen LogP contribution in [0.2, 0.25) is 0 Å². The van der Waals surface area contributed by atoms with E-state index in [1.165, 1.54) is 0 Å². The van der Waals surface area contributed by atoms with E-state index in [0.717, 1.165) is 25.0 Å². The Morgan fingerprint density at radius 2 is 2.40 bits per heavy atom. The van der Waals surface area contributed by atoms with Gasteiger partial charge in [-0.25, -0.2) is 0 Å². The highest BCUT2D eigenvalue weighted by Gasteiger charge is 2.32. The third-order valence-electron chi connectivity index (χ3n) is 3.76. The summed E-state index contributed by atoms with van der Waals surface area (Å²) in [7, 11) is 0. The van der Waals surface area contributed by atoms with Crippen LogP contribution in [0.15, 0.2) is 11.2 Å². The van der Waals surface area contributed by atoms with Crippen molar-refractivity contribution >= 4 is 11.7 Å². The van der Waals surface area contributed by atoms with E-state index in [9.17, 15) is 4.79 Å². The minimum Gasteiger partial charge on any atom is -0.409 e. The molecule has 7 heteroatoms. The number of oxime groups is 1. The van der Waals surface area contributed by atoms with E-state index in [-0.39, 0.29) is 23.7 Å². The van der Waals surface area contributed by atoms with E-state index in [4.69, 9.17) is 10.9 Å². The molecule has 110 valence electrons. The van der Waals surface area contributed by atoms with Gasteiger partial charge in [-0.3, -0.25) is 9.48 Å². The summed E-state index contributed by atoms with van der Waals surface area (Å²) in [4.78, 5) is 12.3. The molecule has 1 aliphatic rings. The standard InChI is InChI=1S/C13H21N5O2/c1-3-18-11(7-8(2)16-18)13(19)15-10-6-4-5-9(10)12(14)17-20/h7,9-10,20H,3-6H2,1-2H3,(H2,14,17)(H,15,19). The highest BCUT2D eigenvalue weighted by atomic mass is 16.4. The minimum absolute atomic E-state index is 0.0843. The fraction of sp³-hybridized carbons (Fsp3) is 0.615. The van der Waals surface area contributed by atoms with Crippen LogP contribution in [0.4, 0.5) is 0 Å². The molecule has 2 unspecified atom stereocenters. The van der Waals surface area contributed by atoms with Gasteiger partial charge in [-0.15, -0.1) is 0 Å². The molecule has 2 atom stereocenters. The van der Waals surface area contributed by atoms with Crippen LogP contribution in [-0.2, 0) is 6.54 Å². The van der Waals surface area contributed by atoms with Crippen LogP contribution < -0.4 is 11.1 Å². The van der Waals surface area contributed by atoms with E-state index in [1.807, 2.05) is 13.8 Å². The van der Waals surface area contributed by atoms with Gasteiger partial charge in [0.05, 0.1) is 5.69 Å². The molecule has 1 heterocycles. The van der Waals surface area contributed by atoms with E-state index < -0.39 is 0 Å². The molecule has 0 bridgehead atoms. The van der Waals surface area contributed by atoms with Gasteiger partial charge in [-0.05, 0) is 32.8 Å². The zero-order valence-electron chi connectivity index (χ0n) is 11.8. The van der Waals surface area contributed by atoms with Crippen molar-refractivity contribution in [3.05, 3.63) is 17.5 Å². The molecule has 1 aliphatic carbocycles. The third kappa shape index (κ3) is 2.76. The van der Waals surface area contributed by atoms with E-state index >= 15 is 0 Å². The van der Waals surface area contributed by atoms with Crippen LogP contribution in [0.3, 0.4) is 0 Å². The number of hydrogen-bond acceptors (Lipinski definition) is 4. The largest absolute Gasteiger partial charge is 0.409 e. The predicted molar refractivity (Wildman–Crippen MR) is 74.6 cm³/mol. The molecule has 1 aromatic rings. The Kier molecular flexibility index (Phi) is 4.26. The topological polar surface area (TPSA) is 106 Å². The van der Waals surface area contributed by atoms with Gasteiger partial charge in [0.2, 0.25) is 0 Å². The second-order valence-corrected chi connectivity index (χ2v) is 5.13. The average molecular weight is 279 g/mol. The molecule has 4 N–H and O–H groups in total. The van der Waals surface area contributed by atoms with Crippen molar-refractivity contribution in [1.82, 2.24) is 15.1 Å². The Hall–Kier alpha value is -2.05. The van der Waals surface area contributed by atoms with Crippen LogP contribution >= 0.6 is 0 Å². The summed E-state index contributed by atoms with van der Waals surface area (Å²) < 4.78 is 1.68. The molecule has 1 aromatic heterocycles. The average Bonchev–Trinajstić information content (AvgIpc) is 3.04. The van der Waals surface area contributed by atoms with Gasteiger partial charge in [-0.1, -0.05) is 11.6 Å². The summed E-state index contributed by atoms with van der Waals surface area (Å²) in [6.07, 6.45) is 2.62. The van der Waals surface area contributed by atoms with Gasteiger partial charge in [0.15, 0.2) is 0 Å². The van der Waals surface area contributed by atoms with Crippen LogP contribution in [0, 0.1) is 12.8 Å². The number of aryl methyl sites for hydroxylation is 2. The zero-order valence-corrected chi connectivity index (χ0v) is 11.8. The molecule has 20 heavy (non-hydrogen) atoms. The van der Waals surface area contributed by atoms with E-state index in [2.05, 4.69) is 15.6 Å². The molecule has 2 rings (SSSR count). The van der Waals surface area contributed by atoms with Crippen molar-refractivity contribution in [2.45, 2.75) is 45.7 Å². The SMILES string of the molecule is CCn1nc(C)cc1C(=O)NC1CCCC1C(N)=NO. The number of amides is 1. The molecule has 7 nitrogen and oxygen atoms in total. The lowest BCUT2D eigenvalue weighted by atomic mass is 10.0. The number of amidine groups is 1. The first-order chi connectivity index (χ1) is 9.56. The summed E-state index contributed by atoms with van der Waals surface area (Å²) >= 11 is 0. The number of carbonyl (C=O) groups excluding carboxylic acids is 1. The monoisotopic (exact) mass is 279 g/mol. The minimum atomic E-state index is -0.157. The lowest BCUT2D eigenvalue weighted by Gasteiger charge is -2.19. The molecule has 1 fully saturated rings. The highest BCUT2D eigenvalue weighted by molar-refractivity contribution is 5.93. The van der Waals surface area contributed by atoms with Gasteiger partial charge in [-0.2, -0.15) is 5.10 Å². The Labute approximate surface area is 117 Å². The predicted octanol–water partition coefficient (Wildman–Crippen LogP) is 0.856. The van der Waals surface area contributed by atoms with Gasteiger partial charge >= 0.3 is 0 Å². The second kappa shape index (κ2) is 5.94.